The van der Waals surface area contributed by atoms with Crippen LogP contribution in [-0.2, 0) is 5.41 Å². The zero-order valence-electron chi connectivity index (χ0n) is 25.2. The molecule has 0 saturated carbocycles. The van der Waals surface area contributed by atoms with E-state index in [1.807, 2.05) is 55.5 Å². The molecular formula is C36H40O7. The van der Waals surface area contributed by atoms with Gasteiger partial charge in [-0.3, -0.25) is 4.79 Å². The number of ketones is 1. The van der Waals surface area contributed by atoms with Crippen LogP contribution >= 0.6 is 0 Å². The number of benzene rings is 4. The van der Waals surface area contributed by atoms with E-state index in [2.05, 4.69) is 13.8 Å². The van der Waals surface area contributed by atoms with E-state index in [-0.39, 0.29) is 31.0 Å². The van der Waals surface area contributed by atoms with Gasteiger partial charge in [0.25, 0.3) is 0 Å². The average molecular weight is 585 g/mol. The standard InChI is InChI=1S/C36H40O7/c1-5-29(37)22-41-33-18-10-27(11-19-33)36(2,3)28-12-20-34(21-13-28)43-24-30(38)23-42-32-16-8-26(9-17-32)35(39)25-6-14-31(40-4)15-7-25/h6-21,29-30,37-38H,5,22-24H2,1-4H3. The molecule has 0 aromatic heterocycles. The third kappa shape index (κ3) is 8.60. The van der Waals surface area contributed by atoms with Crippen LogP contribution in [0.2, 0.25) is 0 Å². The number of hydrogen-bond acceptors (Lipinski definition) is 7. The van der Waals surface area contributed by atoms with E-state index in [1.54, 1.807) is 55.6 Å². The third-order valence-electron chi connectivity index (χ3n) is 7.42. The van der Waals surface area contributed by atoms with E-state index in [0.29, 0.717) is 34.8 Å². The fourth-order valence-corrected chi connectivity index (χ4v) is 4.46. The number of methoxy groups -OCH3 is 1. The summed E-state index contributed by atoms with van der Waals surface area (Å²) in [6, 6.07) is 29.6. The number of hydrogen-bond donors (Lipinski definition) is 2. The normalized spacial score (nSPS) is 12.7. The molecule has 2 atom stereocenters. The maximum Gasteiger partial charge on any atom is 0.193 e. The van der Waals surface area contributed by atoms with Crippen LogP contribution in [0, 0.1) is 0 Å². The largest absolute Gasteiger partial charge is 0.497 e. The van der Waals surface area contributed by atoms with Crippen molar-refractivity contribution in [2.24, 2.45) is 0 Å². The van der Waals surface area contributed by atoms with Gasteiger partial charge in [0.2, 0.25) is 0 Å². The monoisotopic (exact) mass is 584 g/mol. The molecule has 7 nitrogen and oxygen atoms in total. The molecule has 0 bridgehead atoms. The Labute approximate surface area is 253 Å². The first kappa shape index (κ1) is 31.6. The SMILES string of the molecule is CCC(O)COc1ccc(C(C)(C)c2ccc(OCC(O)COc3ccc(C(=O)c4ccc(OC)cc4)cc3)cc2)cc1. The molecular weight excluding hydrogens is 544 g/mol. The molecule has 4 aromatic rings. The lowest BCUT2D eigenvalue weighted by Gasteiger charge is -2.26. The van der Waals surface area contributed by atoms with Crippen molar-refractivity contribution < 1.29 is 34.0 Å². The van der Waals surface area contributed by atoms with Crippen molar-refractivity contribution in [2.75, 3.05) is 26.9 Å². The summed E-state index contributed by atoms with van der Waals surface area (Å²) < 4.78 is 22.3. The van der Waals surface area contributed by atoms with E-state index in [1.165, 1.54) is 0 Å². The fourth-order valence-electron chi connectivity index (χ4n) is 4.46. The maximum absolute atomic E-state index is 12.7. The van der Waals surface area contributed by atoms with Gasteiger partial charge in [-0.2, -0.15) is 0 Å². The van der Waals surface area contributed by atoms with Crippen molar-refractivity contribution in [3.63, 3.8) is 0 Å². The van der Waals surface area contributed by atoms with Crippen LogP contribution in [-0.4, -0.2) is 55.1 Å². The van der Waals surface area contributed by atoms with Crippen molar-refractivity contribution in [1.29, 1.82) is 0 Å². The zero-order chi connectivity index (χ0) is 30.8. The van der Waals surface area contributed by atoms with Gasteiger partial charge in [-0.1, -0.05) is 45.0 Å². The first-order valence-electron chi connectivity index (χ1n) is 14.4. The van der Waals surface area contributed by atoms with Crippen LogP contribution < -0.4 is 18.9 Å². The molecule has 0 aliphatic rings. The van der Waals surface area contributed by atoms with Gasteiger partial charge in [0.1, 0.15) is 48.9 Å². The van der Waals surface area contributed by atoms with E-state index >= 15 is 0 Å². The molecule has 2 unspecified atom stereocenters. The van der Waals surface area contributed by atoms with Crippen molar-refractivity contribution in [1.82, 2.24) is 0 Å². The third-order valence-corrected chi connectivity index (χ3v) is 7.42. The number of aliphatic hydroxyl groups excluding tert-OH is 2. The second-order valence-electron chi connectivity index (χ2n) is 10.9. The Morgan fingerprint density at radius 2 is 0.953 bits per heavy atom. The molecule has 0 saturated heterocycles. The van der Waals surface area contributed by atoms with Crippen LogP contribution in [0.25, 0.3) is 0 Å². The minimum absolute atomic E-state index is 0.0496. The van der Waals surface area contributed by atoms with Gasteiger partial charge in [-0.05, 0) is 90.3 Å². The van der Waals surface area contributed by atoms with E-state index < -0.39 is 12.2 Å². The van der Waals surface area contributed by atoms with Gasteiger partial charge in [-0.15, -0.1) is 0 Å². The molecule has 2 N–H and O–H groups in total. The predicted octanol–water partition coefficient (Wildman–Crippen LogP) is 6.22. The molecule has 7 heteroatoms. The first-order chi connectivity index (χ1) is 20.7. The number of carbonyl (C=O) groups excluding carboxylic acids is 1. The molecule has 0 heterocycles. The topological polar surface area (TPSA) is 94.5 Å². The summed E-state index contributed by atoms with van der Waals surface area (Å²) in [5.74, 6) is 2.53. The fraction of sp³-hybridized carbons (Fsp3) is 0.306. The second kappa shape index (κ2) is 14.7. The van der Waals surface area contributed by atoms with Crippen LogP contribution in [0.5, 0.6) is 23.0 Å². The van der Waals surface area contributed by atoms with E-state index in [9.17, 15) is 15.0 Å². The highest BCUT2D eigenvalue weighted by Crippen LogP contribution is 2.33. The molecule has 0 aliphatic carbocycles. The van der Waals surface area contributed by atoms with Gasteiger partial charge in [0, 0.05) is 16.5 Å². The van der Waals surface area contributed by atoms with Gasteiger partial charge >= 0.3 is 0 Å². The smallest absolute Gasteiger partial charge is 0.193 e. The summed E-state index contributed by atoms with van der Waals surface area (Å²) in [6.07, 6.45) is -0.646. The molecule has 4 rings (SSSR count). The van der Waals surface area contributed by atoms with Crippen molar-refractivity contribution in [2.45, 2.75) is 44.8 Å². The molecule has 0 amide bonds. The summed E-state index contributed by atoms with van der Waals surface area (Å²) in [4.78, 5) is 12.7. The molecule has 0 fully saturated rings. The van der Waals surface area contributed by atoms with E-state index in [4.69, 9.17) is 18.9 Å². The average Bonchev–Trinajstić information content (AvgIpc) is 3.05. The second-order valence-corrected chi connectivity index (χ2v) is 10.9. The van der Waals surface area contributed by atoms with E-state index in [0.717, 1.165) is 16.9 Å². The van der Waals surface area contributed by atoms with Gasteiger partial charge in [-0.25, -0.2) is 0 Å². The Bertz CT molecular complexity index is 1430. The van der Waals surface area contributed by atoms with Crippen LogP contribution in [0.1, 0.15) is 54.2 Å². The summed E-state index contributed by atoms with van der Waals surface area (Å²) in [5.41, 5.74) is 3.12. The number of aliphatic hydroxyl groups is 2. The van der Waals surface area contributed by atoms with Crippen molar-refractivity contribution in [3.05, 3.63) is 119 Å². The highest BCUT2D eigenvalue weighted by atomic mass is 16.5. The number of rotatable bonds is 15. The Hall–Kier alpha value is -4.33. The molecule has 0 aliphatic heterocycles. The Kier molecular flexibility index (Phi) is 10.8. The minimum atomic E-state index is -0.837. The van der Waals surface area contributed by atoms with Crippen LogP contribution in [0.4, 0.5) is 0 Å². The Morgan fingerprint density at radius 3 is 1.33 bits per heavy atom. The van der Waals surface area contributed by atoms with Crippen LogP contribution in [0.15, 0.2) is 97.1 Å². The van der Waals surface area contributed by atoms with Crippen LogP contribution in [0.3, 0.4) is 0 Å². The van der Waals surface area contributed by atoms with Crippen molar-refractivity contribution >= 4 is 5.78 Å². The highest BCUT2D eigenvalue weighted by molar-refractivity contribution is 6.09. The molecule has 4 aromatic carbocycles. The van der Waals surface area contributed by atoms with Gasteiger partial charge in [0.05, 0.1) is 13.2 Å². The predicted molar refractivity (Wildman–Crippen MR) is 167 cm³/mol. The highest BCUT2D eigenvalue weighted by Gasteiger charge is 2.23. The number of carbonyl (C=O) groups is 1. The molecule has 0 spiro atoms. The molecule has 0 radical (unpaired) electrons. The lowest BCUT2D eigenvalue weighted by molar-refractivity contribution is 0.0626. The molecule has 226 valence electrons. The lowest BCUT2D eigenvalue weighted by atomic mass is 9.78. The van der Waals surface area contributed by atoms with Gasteiger partial charge in [0.15, 0.2) is 5.78 Å². The first-order valence-corrected chi connectivity index (χ1v) is 14.4. The minimum Gasteiger partial charge on any atom is -0.497 e. The molecule has 43 heavy (non-hydrogen) atoms. The lowest BCUT2D eigenvalue weighted by Crippen LogP contribution is -2.25. The quantitative estimate of drug-likeness (QED) is 0.160. The number of ether oxygens (including phenoxy) is 4. The summed E-state index contributed by atoms with van der Waals surface area (Å²) >= 11 is 0. The van der Waals surface area contributed by atoms with Gasteiger partial charge < -0.3 is 29.2 Å². The summed E-state index contributed by atoms with van der Waals surface area (Å²) in [5, 5.41) is 20.1. The Morgan fingerprint density at radius 1 is 0.605 bits per heavy atom. The summed E-state index contributed by atoms with van der Waals surface area (Å²) in [7, 11) is 1.58. The summed E-state index contributed by atoms with van der Waals surface area (Å²) in [6.45, 7) is 6.64. The zero-order valence-corrected chi connectivity index (χ0v) is 25.2. The van der Waals surface area contributed by atoms with Crippen molar-refractivity contribution in [3.8, 4) is 23.0 Å². The Balaban J connectivity index is 1.24. The maximum atomic E-state index is 12.7.